The summed E-state index contributed by atoms with van der Waals surface area (Å²) in [6.07, 6.45) is 3.42. The molecule has 0 saturated heterocycles. The Morgan fingerprint density at radius 2 is 2.42 bits per heavy atom. The van der Waals surface area contributed by atoms with Crippen molar-refractivity contribution in [1.29, 1.82) is 0 Å². The summed E-state index contributed by atoms with van der Waals surface area (Å²) in [5.74, 6) is 0. The summed E-state index contributed by atoms with van der Waals surface area (Å²) in [4.78, 5) is 17.0. The number of aryl methyl sites for hydroxylation is 2. The van der Waals surface area contributed by atoms with Crippen molar-refractivity contribution in [2.24, 2.45) is 5.73 Å². The highest BCUT2D eigenvalue weighted by atomic mass is 16.1. The molecule has 0 bridgehead atoms. The Hall–Kier alpha value is -1.16. The summed E-state index contributed by atoms with van der Waals surface area (Å²) in [7, 11) is 0. The van der Waals surface area contributed by atoms with Gasteiger partial charge in [0.15, 0.2) is 0 Å². The number of nitrogens with one attached hydrogen (secondary N) is 1. The topological polar surface area (TPSA) is 71.8 Å². The molecule has 4 nitrogen and oxygen atoms in total. The van der Waals surface area contributed by atoms with Crippen LogP contribution in [0.1, 0.15) is 17.7 Å². The number of nitrogens with two attached hydrogens (primary N) is 1. The third-order valence-electron chi connectivity index (χ3n) is 1.76. The van der Waals surface area contributed by atoms with Crippen LogP contribution >= 0.6 is 0 Å². The van der Waals surface area contributed by atoms with E-state index in [0.717, 1.165) is 24.1 Å². The predicted octanol–water partition coefficient (Wildman–Crippen LogP) is -0.0304. The second kappa shape index (κ2) is 4.01. The van der Waals surface area contributed by atoms with Crippen LogP contribution in [0, 0.1) is 6.92 Å². The molecule has 1 aromatic rings. The first-order valence-electron chi connectivity index (χ1n) is 3.99. The molecule has 0 unspecified atom stereocenters. The molecule has 0 amide bonds. The van der Waals surface area contributed by atoms with Crippen LogP contribution in [0.3, 0.4) is 0 Å². The summed E-state index contributed by atoms with van der Waals surface area (Å²) < 4.78 is 0. The van der Waals surface area contributed by atoms with Crippen molar-refractivity contribution in [3.63, 3.8) is 0 Å². The fourth-order valence-electron chi connectivity index (χ4n) is 1.05. The Balaban J connectivity index is 2.79. The normalized spacial score (nSPS) is 10.2. The van der Waals surface area contributed by atoms with E-state index in [2.05, 4.69) is 9.97 Å². The minimum atomic E-state index is -0.288. The third kappa shape index (κ3) is 2.17. The van der Waals surface area contributed by atoms with E-state index < -0.39 is 0 Å². The van der Waals surface area contributed by atoms with Crippen LogP contribution in [-0.2, 0) is 6.42 Å². The zero-order valence-electron chi connectivity index (χ0n) is 7.13. The lowest BCUT2D eigenvalue weighted by Gasteiger charge is -2.01. The molecule has 0 atom stereocenters. The molecule has 0 aromatic carbocycles. The van der Waals surface area contributed by atoms with E-state index in [1.807, 2.05) is 6.92 Å². The van der Waals surface area contributed by atoms with Crippen LogP contribution < -0.4 is 11.4 Å². The minimum absolute atomic E-state index is 0.288. The van der Waals surface area contributed by atoms with Crippen LogP contribution in [0.4, 0.5) is 0 Å². The molecule has 0 aliphatic rings. The van der Waals surface area contributed by atoms with E-state index >= 15 is 0 Å². The first-order chi connectivity index (χ1) is 5.74. The van der Waals surface area contributed by atoms with E-state index in [1.165, 1.54) is 0 Å². The predicted molar refractivity (Wildman–Crippen MR) is 47.0 cm³/mol. The van der Waals surface area contributed by atoms with Crippen molar-refractivity contribution in [3.8, 4) is 0 Å². The second-order valence-corrected chi connectivity index (χ2v) is 2.73. The smallest absolute Gasteiger partial charge is 0.330 e. The van der Waals surface area contributed by atoms with E-state index in [4.69, 9.17) is 5.73 Å². The van der Waals surface area contributed by atoms with Crippen LogP contribution in [0.2, 0.25) is 0 Å². The van der Waals surface area contributed by atoms with Crippen molar-refractivity contribution < 1.29 is 0 Å². The molecule has 1 heterocycles. The summed E-state index contributed by atoms with van der Waals surface area (Å²) in [5, 5.41) is 0. The molecule has 0 radical (unpaired) electrons. The quantitative estimate of drug-likeness (QED) is 0.664. The zero-order valence-corrected chi connectivity index (χ0v) is 7.13. The monoisotopic (exact) mass is 167 g/mol. The Morgan fingerprint density at radius 3 is 3.00 bits per heavy atom. The molecule has 12 heavy (non-hydrogen) atoms. The van der Waals surface area contributed by atoms with E-state index in [-0.39, 0.29) is 5.69 Å². The first-order valence-corrected chi connectivity index (χ1v) is 3.99. The third-order valence-corrected chi connectivity index (χ3v) is 1.76. The van der Waals surface area contributed by atoms with Gasteiger partial charge in [0.25, 0.3) is 0 Å². The molecule has 0 aliphatic carbocycles. The van der Waals surface area contributed by atoms with Crippen LogP contribution in [0.5, 0.6) is 0 Å². The van der Waals surface area contributed by atoms with Crippen LogP contribution in [0.25, 0.3) is 0 Å². The van der Waals surface area contributed by atoms with Gasteiger partial charge in [-0.05, 0) is 31.9 Å². The number of aromatic nitrogens is 2. The van der Waals surface area contributed by atoms with Gasteiger partial charge < -0.3 is 10.7 Å². The largest absolute Gasteiger partial charge is 0.345 e. The Bertz CT molecular complexity index is 305. The van der Waals surface area contributed by atoms with Crippen molar-refractivity contribution in [3.05, 3.63) is 27.9 Å². The summed E-state index contributed by atoms with van der Waals surface area (Å²) in [6.45, 7) is 2.54. The first kappa shape index (κ1) is 8.93. The van der Waals surface area contributed by atoms with Crippen molar-refractivity contribution >= 4 is 0 Å². The van der Waals surface area contributed by atoms with Crippen molar-refractivity contribution in [2.75, 3.05) is 6.54 Å². The van der Waals surface area contributed by atoms with Gasteiger partial charge >= 0.3 is 5.69 Å². The summed E-state index contributed by atoms with van der Waals surface area (Å²) in [6, 6.07) is 0. The van der Waals surface area contributed by atoms with Crippen LogP contribution in [0.15, 0.2) is 11.0 Å². The molecule has 1 aromatic heterocycles. The SMILES string of the molecule is Cc1[nH]c(=O)ncc1CCCN. The Kier molecular flexibility index (Phi) is 2.99. The molecular formula is C8H13N3O. The standard InChI is InChI=1S/C8H13N3O/c1-6-7(3-2-4-9)5-10-8(12)11-6/h5H,2-4,9H2,1H3,(H,10,11,12). The van der Waals surface area contributed by atoms with E-state index in [0.29, 0.717) is 6.54 Å². The lowest BCUT2D eigenvalue weighted by Crippen LogP contribution is -2.13. The molecule has 0 fully saturated rings. The lowest BCUT2D eigenvalue weighted by molar-refractivity contribution is 0.809. The lowest BCUT2D eigenvalue weighted by atomic mass is 10.1. The maximum atomic E-state index is 10.7. The van der Waals surface area contributed by atoms with Gasteiger partial charge in [-0.1, -0.05) is 0 Å². The second-order valence-electron chi connectivity index (χ2n) is 2.73. The highest BCUT2D eigenvalue weighted by Crippen LogP contribution is 2.02. The van der Waals surface area contributed by atoms with E-state index in [9.17, 15) is 4.79 Å². The molecule has 0 aliphatic heterocycles. The number of nitrogens with zero attached hydrogens (tertiary/aromatic N) is 1. The zero-order chi connectivity index (χ0) is 8.97. The molecule has 1 rings (SSSR count). The summed E-state index contributed by atoms with van der Waals surface area (Å²) in [5.41, 5.74) is 7.04. The Morgan fingerprint density at radius 1 is 1.67 bits per heavy atom. The van der Waals surface area contributed by atoms with E-state index in [1.54, 1.807) is 6.20 Å². The number of hydrogen-bond acceptors (Lipinski definition) is 3. The highest BCUT2D eigenvalue weighted by molar-refractivity contribution is 5.13. The Labute approximate surface area is 70.8 Å². The summed E-state index contributed by atoms with van der Waals surface area (Å²) >= 11 is 0. The van der Waals surface area contributed by atoms with Gasteiger partial charge in [-0.2, -0.15) is 0 Å². The molecule has 66 valence electrons. The molecule has 3 N–H and O–H groups in total. The fourth-order valence-corrected chi connectivity index (χ4v) is 1.05. The average Bonchev–Trinajstić information content (AvgIpc) is 2.03. The maximum absolute atomic E-state index is 10.7. The molecule has 0 spiro atoms. The minimum Gasteiger partial charge on any atom is -0.330 e. The van der Waals surface area contributed by atoms with Gasteiger partial charge in [-0.15, -0.1) is 0 Å². The number of aromatic amines is 1. The molecular weight excluding hydrogens is 154 g/mol. The van der Waals surface area contributed by atoms with Gasteiger partial charge in [0, 0.05) is 11.9 Å². The van der Waals surface area contributed by atoms with Crippen molar-refractivity contribution in [2.45, 2.75) is 19.8 Å². The fraction of sp³-hybridized carbons (Fsp3) is 0.500. The van der Waals surface area contributed by atoms with Gasteiger partial charge in [0.2, 0.25) is 0 Å². The molecule has 0 saturated carbocycles. The highest BCUT2D eigenvalue weighted by Gasteiger charge is 1.98. The van der Waals surface area contributed by atoms with Gasteiger partial charge in [0.1, 0.15) is 0 Å². The number of hydrogen-bond donors (Lipinski definition) is 2. The molecule has 4 heteroatoms. The van der Waals surface area contributed by atoms with Gasteiger partial charge in [0.05, 0.1) is 0 Å². The van der Waals surface area contributed by atoms with Crippen LogP contribution in [-0.4, -0.2) is 16.5 Å². The maximum Gasteiger partial charge on any atom is 0.345 e. The van der Waals surface area contributed by atoms with Crippen molar-refractivity contribution in [1.82, 2.24) is 9.97 Å². The van der Waals surface area contributed by atoms with Gasteiger partial charge in [-0.25, -0.2) is 9.78 Å². The van der Waals surface area contributed by atoms with Gasteiger partial charge in [-0.3, -0.25) is 0 Å². The number of H-pyrrole nitrogens is 1. The number of rotatable bonds is 3. The average molecular weight is 167 g/mol.